The summed E-state index contributed by atoms with van der Waals surface area (Å²) in [5, 5.41) is 10.2. The SMILES string of the molecule is CC12CCC(C(=O)N(CC(=O)Nc3nncs3)C1=O)C2(C)C. The van der Waals surface area contributed by atoms with Crippen LogP contribution >= 0.6 is 11.3 Å². The van der Waals surface area contributed by atoms with Crippen LogP contribution in [0.1, 0.15) is 33.6 Å². The molecule has 118 valence electrons. The second-order valence-electron chi connectivity index (χ2n) is 6.67. The van der Waals surface area contributed by atoms with E-state index >= 15 is 0 Å². The molecule has 1 saturated heterocycles. The fraction of sp³-hybridized carbons (Fsp3) is 0.643. The lowest BCUT2D eigenvalue weighted by Gasteiger charge is -2.47. The Labute approximate surface area is 132 Å². The predicted molar refractivity (Wildman–Crippen MR) is 79.9 cm³/mol. The molecule has 0 aromatic carbocycles. The van der Waals surface area contributed by atoms with Gasteiger partial charge in [0.2, 0.25) is 22.9 Å². The Kier molecular flexibility index (Phi) is 3.32. The zero-order valence-corrected chi connectivity index (χ0v) is 13.6. The Hall–Kier alpha value is -1.83. The Morgan fingerprint density at radius 3 is 2.82 bits per heavy atom. The van der Waals surface area contributed by atoms with Gasteiger partial charge in [0.05, 0.1) is 5.41 Å². The topological polar surface area (TPSA) is 92.3 Å². The van der Waals surface area contributed by atoms with Gasteiger partial charge in [-0.3, -0.25) is 24.6 Å². The number of anilines is 1. The monoisotopic (exact) mass is 322 g/mol. The van der Waals surface area contributed by atoms with E-state index in [1.807, 2.05) is 20.8 Å². The molecular formula is C14H18N4O3S. The van der Waals surface area contributed by atoms with Gasteiger partial charge in [0, 0.05) is 5.92 Å². The standard InChI is InChI=1S/C14H18N4O3S/c1-13(2)8-4-5-14(13,3)11(21)18(10(8)20)6-9(19)16-12-17-15-7-22-12/h7-8H,4-6H2,1-3H3,(H,16,17,19). The third-order valence-corrected chi connectivity index (χ3v) is 6.02. The fourth-order valence-corrected chi connectivity index (χ4v) is 4.04. The van der Waals surface area contributed by atoms with E-state index < -0.39 is 11.3 Å². The van der Waals surface area contributed by atoms with Gasteiger partial charge in [-0.15, -0.1) is 10.2 Å². The summed E-state index contributed by atoms with van der Waals surface area (Å²) in [4.78, 5) is 38.5. The Balaban J connectivity index is 1.79. The first kappa shape index (κ1) is 15.1. The minimum Gasteiger partial charge on any atom is -0.299 e. The van der Waals surface area contributed by atoms with Crippen molar-refractivity contribution in [3.8, 4) is 0 Å². The molecule has 0 spiro atoms. The van der Waals surface area contributed by atoms with E-state index in [0.29, 0.717) is 18.0 Å². The molecule has 2 fully saturated rings. The van der Waals surface area contributed by atoms with Gasteiger partial charge < -0.3 is 0 Å². The largest absolute Gasteiger partial charge is 0.299 e. The maximum atomic E-state index is 12.8. The molecule has 2 heterocycles. The summed E-state index contributed by atoms with van der Waals surface area (Å²) in [5.41, 5.74) is 0.540. The lowest BCUT2D eigenvalue weighted by atomic mass is 9.62. The molecule has 22 heavy (non-hydrogen) atoms. The first-order chi connectivity index (χ1) is 10.3. The predicted octanol–water partition coefficient (Wildman–Crippen LogP) is 1.29. The number of likely N-dealkylation sites (tertiary alicyclic amines) is 1. The molecular weight excluding hydrogens is 304 g/mol. The van der Waals surface area contributed by atoms with Crippen LogP contribution < -0.4 is 5.32 Å². The molecule has 3 amide bonds. The van der Waals surface area contributed by atoms with Crippen LogP contribution in [0.4, 0.5) is 5.13 Å². The van der Waals surface area contributed by atoms with Crippen molar-refractivity contribution in [1.82, 2.24) is 15.1 Å². The molecule has 2 atom stereocenters. The summed E-state index contributed by atoms with van der Waals surface area (Å²) < 4.78 is 0. The summed E-state index contributed by atoms with van der Waals surface area (Å²) >= 11 is 1.18. The Morgan fingerprint density at radius 2 is 2.18 bits per heavy atom. The van der Waals surface area contributed by atoms with Crippen molar-refractivity contribution in [2.75, 3.05) is 11.9 Å². The van der Waals surface area contributed by atoms with Gasteiger partial charge in [0.1, 0.15) is 12.1 Å². The van der Waals surface area contributed by atoms with E-state index in [1.54, 1.807) is 0 Å². The van der Waals surface area contributed by atoms with Gasteiger partial charge in [-0.05, 0) is 18.3 Å². The molecule has 1 aromatic rings. The highest BCUT2D eigenvalue weighted by molar-refractivity contribution is 7.13. The van der Waals surface area contributed by atoms with Gasteiger partial charge in [0.15, 0.2) is 0 Å². The molecule has 2 aliphatic rings. The summed E-state index contributed by atoms with van der Waals surface area (Å²) in [6.07, 6.45) is 1.38. The molecule has 7 nitrogen and oxygen atoms in total. The van der Waals surface area contributed by atoms with Crippen LogP contribution in [0.2, 0.25) is 0 Å². The lowest BCUT2D eigenvalue weighted by Crippen LogP contribution is -2.60. The van der Waals surface area contributed by atoms with E-state index in [4.69, 9.17) is 0 Å². The molecule has 8 heteroatoms. The van der Waals surface area contributed by atoms with Crippen molar-refractivity contribution >= 4 is 34.2 Å². The van der Waals surface area contributed by atoms with Gasteiger partial charge in [-0.1, -0.05) is 32.1 Å². The molecule has 1 aliphatic carbocycles. The van der Waals surface area contributed by atoms with Crippen molar-refractivity contribution < 1.29 is 14.4 Å². The quantitative estimate of drug-likeness (QED) is 0.847. The van der Waals surface area contributed by atoms with Crippen LogP contribution in [0.5, 0.6) is 0 Å². The van der Waals surface area contributed by atoms with Crippen molar-refractivity contribution in [1.29, 1.82) is 0 Å². The number of imide groups is 1. The zero-order chi connectivity index (χ0) is 16.1. The highest BCUT2D eigenvalue weighted by Crippen LogP contribution is 2.59. The molecule has 1 N–H and O–H groups in total. The first-order valence-corrected chi connectivity index (χ1v) is 8.07. The fourth-order valence-electron chi connectivity index (χ4n) is 3.58. The van der Waals surface area contributed by atoms with Crippen LogP contribution in [0.3, 0.4) is 0 Å². The summed E-state index contributed by atoms with van der Waals surface area (Å²) in [6.45, 7) is 5.58. The number of piperidine rings is 1. The van der Waals surface area contributed by atoms with Crippen molar-refractivity contribution in [2.24, 2.45) is 16.7 Å². The number of rotatable bonds is 3. The number of hydrogen-bond acceptors (Lipinski definition) is 6. The van der Waals surface area contributed by atoms with Crippen LogP contribution in [0.25, 0.3) is 0 Å². The van der Waals surface area contributed by atoms with Crippen LogP contribution in [0, 0.1) is 16.7 Å². The van der Waals surface area contributed by atoms with Crippen LogP contribution in [-0.2, 0) is 14.4 Å². The lowest BCUT2D eigenvalue weighted by molar-refractivity contribution is -0.168. The third-order valence-electron chi connectivity index (χ3n) is 5.42. The second kappa shape index (κ2) is 4.84. The number of carbonyl (C=O) groups is 3. The maximum absolute atomic E-state index is 12.8. The van der Waals surface area contributed by atoms with Gasteiger partial charge in [-0.2, -0.15) is 0 Å². The van der Waals surface area contributed by atoms with Crippen molar-refractivity contribution in [2.45, 2.75) is 33.6 Å². The number of nitrogens with zero attached hydrogens (tertiary/aromatic N) is 3. The summed E-state index contributed by atoms with van der Waals surface area (Å²) in [6, 6.07) is 0. The van der Waals surface area contributed by atoms with Crippen LogP contribution in [0.15, 0.2) is 5.51 Å². The van der Waals surface area contributed by atoms with E-state index in [2.05, 4.69) is 15.5 Å². The Morgan fingerprint density at radius 1 is 1.45 bits per heavy atom. The number of fused-ring (bicyclic) bond motifs is 2. The highest BCUT2D eigenvalue weighted by atomic mass is 32.1. The molecule has 1 aromatic heterocycles. The second-order valence-corrected chi connectivity index (χ2v) is 7.50. The molecule has 2 bridgehead atoms. The molecule has 0 radical (unpaired) electrons. The van der Waals surface area contributed by atoms with Crippen molar-refractivity contribution in [3.63, 3.8) is 0 Å². The smallest absolute Gasteiger partial charge is 0.246 e. The van der Waals surface area contributed by atoms with Crippen molar-refractivity contribution in [3.05, 3.63) is 5.51 Å². The van der Waals surface area contributed by atoms with Crippen LogP contribution in [-0.4, -0.2) is 39.4 Å². The van der Waals surface area contributed by atoms with Gasteiger partial charge in [-0.25, -0.2) is 0 Å². The first-order valence-electron chi connectivity index (χ1n) is 7.19. The van der Waals surface area contributed by atoms with E-state index in [0.717, 1.165) is 4.90 Å². The highest BCUT2D eigenvalue weighted by Gasteiger charge is 2.64. The maximum Gasteiger partial charge on any atom is 0.246 e. The number of carbonyl (C=O) groups excluding carboxylic acids is 3. The minimum absolute atomic E-state index is 0.204. The molecule has 3 rings (SSSR count). The zero-order valence-electron chi connectivity index (χ0n) is 12.8. The summed E-state index contributed by atoms with van der Waals surface area (Å²) in [5.74, 6) is -1.12. The van der Waals surface area contributed by atoms with E-state index in [9.17, 15) is 14.4 Å². The molecule has 1 saturated carbocycles. The minimum atomic E-state index is -0.589. The van der Waals surface area contributed by atoms with Gasteiger partial charge >= 0.3 is 0 Å². The average Bonchev–Trinajstić information content (AvgIpc) is 3.00. The van der Waals surface area contributed by atoms with Gasteiger partial charge in [0.25, 0.3) is 0 Å². The number of amides is 3. The number of aromatic nitrogens is 2. The number of nitrogens with one attached hydrogen (secondary N) is 1. The molecule has 1 aliphatic heterocycles. The third kappa shape index (κ3) is 1.97. The normalized spacial score (nSPS) is 29.8. The summed E-state index contributed by atoms with van der Waals surface area (Å²) in [7, 11) is 0. The average molecular weight is 322 g/mol. The number of hydrogen-bond donors (Lipinski definition) is 1. The Bertz CT molecular complexity index is 643. The molecule has 2 unspecified atom stereocenters. The van der Waals surface area contributed by atoms with E-state index in [1.165, 1.54) is 16.8 Å². The van der Waals surface area contributed by atoms with E-state index in [-0.39, 0.29) is 29.7 Å².